The Labute approximate surface area is 138 Å². The fourth-order valence-electron chi connectivity index (χ4n) is 2.29. The predicted molar refractivity (Wildman–Crippen MR) is 85.1 cm³/mol. The number of hydrogen-bond acceptors (Lipinski definition) is 3. The Balaban J connectivity index is 2.10. The molecule has 2 rings (SSSR count). The number of carbonyl (C=O) groups is 1. The molecule has 0 aliphatic carbocycles. The van der Waals surface area contributed by atoms with Crippen molar-refractivity contribution in [1.82, 2.24) is 0 Å². The topological polar surface area (TPSA) is 52.3 Å². The molecule has 2 aromatic carbocycles. The number of halogens is 3. The lowest BCUT2D eigenvalue weighted by molar-refractivity contribution is -0.143. The van der Waals surface area contributed by atoms with Crippen LogP contribution in [0.2, 0.25) is 0 Å². The van der Waals surface area contributed by atoms with Gasteiger partial charge in [-0.1, -0.05) is 36.4 Å². The monoisotopic (exact) mass is 337 g/mol. The summed E-state index contributed by atoms with van der Waals surface area (Å²) in [5.41, 5.74) is 7.49. The third-order valence-corrected chi connectivity index (χ3v) is 3.58. The van der Waals surface area contributed by atoms with Gasteiger partial charge in [0.1, 0.15) is 0 Å². The Bertz CT molecular complexity index is 679. The van der Waals surface area contributed by atoms with E-state index in [9.17, 15) is 18.0 Å². The summed E-state index contributed by atoms with van der Waals surface area (Å²) in [5, 5.41) is 0. The highest BCUT2D eigenvalue weighted by atomic mass is 19.4. The Morgan fingerprint density at radius 3 is 2.00 bits per heavy atom. The lowest BCUT2D eigenvalue weighted by Gasteiger charge is -2.12. The Hall–Kier alpha value is -2.34. The van der Waals surface area contributed by atoms with Crippen molar-refractivity contribution >= 4 is 5.97 Å². The second-order valence-electron chi connectivity index (χ2n) is 5.31. The molecule has 0 saturated heterocycles. The molecule has 2 aromatic rings. The van der Waals surface area contributed by atoms with Crippen molar-refractivity contribution in [3.63, 3.8) is 0 Å². The second-order valence-corrected chi connectivity index (χ2v) is 5.31. The van der Waals surface area contributed by atoms with Gasteiger partial charge in [0.25, 0.3) is 0 Å². The van der Waals surface area contributed by atoms with Crippen LogP contribution in [0.15, 0.2) is 48.5 Å². The molecule has 0 heterocycles. The maximum atomic E-state index is 12.6. The van der Waals surface area contributed by atoms with E-state index in [1.165, 1.54) is 12.1 Å². The molecule has 0 aromatic heterocycles. The summed E-state index contributed by atoms with van der Waals surface area (Å²) in [5.74, 6) is -0.364. The summed E-state index contributed by atoms with van der Waals surface area (Å²) in [7, 11) is 0. The minimum Gasteiger partial charge on any atom is -0.466 e. The van der Waals surface area contributed by atoms with E-state index >= 15 is 0 Å². The molecular formula is C18H18F3NO2. The first-order valence-electron chi connectivity index (χ1n) is 7.50. The van der Waals surface area contributed by atoms with Crippen LogP contribution in [-0.2, 0) is 15.7 Å². The number of hydrogen-bond donors (Lipinski definition) is 1. The van der Waals surface area contributed by atoms with Crippen LogP contribution in [0.1, 0.15) is 30.5 Å². The summed E-state index contributed by atoms with van der Waals surface area (Å²) < 4.78 is 42.6. The van der Waals surface area contributed by atoms with Gasteiger partial charge in [-0.25, -0.2) is 0 Å². The van der Waals surface area contributed by atoms with E-state index in [0.29, 0.717) is 12.2 Å². The van der Waals surface area contributed by atoms with Crippen LogP contribution in [-0.4, -0.2) is 12.6 Å². The molecular weight excluding hydrogens is 319 g/mol. The smallest absolute Gasteiger partial charge is 0.416 e. The van der Waals surface area contributed by atoms with E-state index in [1.807, 2.05) is 0 Å². The molecule has 0 aliphatic heterocycles. The number of rotatable bonds is 5. The van der Waals surface area contributed by atoms with Gasteiger partial charge in [0.15, 0.2) is 0 Å². The van der Waals surface area contributed by atoms with Crippen molar-refractivity contribution in [2.45, 2.75) is 25.6 Å². The van der Waals surface area contributed by atoms with Crippen molar-refractivity contribution in [2.24, 2.45) is 5.73 Å². The van der Waals surface area contributed by atoms with Crippen LogP contribution in [0.4, 0.5) is 13.2 Å². The van der Waals surface area contributed by atoms with Crippen molar-refractivity contribution in [3.8, 4) is 11.1 Å². The van der Waals surface area contributed by atoms with Gasteiger partial charge in [-0.2, -0.15) is 13.2 Å². The Morgan fingerprint density at radius 1 is 1.04 bits per heavy atom. The van der Waals surface area contributed by atoms with E-state index < -0.39 is 17.8 Å². The Morgan fingerprint density at radius 2 is 1.54 bits per heavy atom. The van der Waals surface area contributed by atoms with Crippen LogP contribution < -0.4 is 5.73 Å². The molecule has 1 atom stereocenters. The van der Waals surface area contributed by atoms with Gasteiger partial charge in [0.2, 0.25) is 0 Å². The maximum Gasteiger partial charge on any atom is 0.416 e. The van der Waals surface area contributed by atoms with Gasteiger partial charge in [-0.3, -0.25) is 4.79 Å². The van der Waals surface area contributed by atoms with Crippen LogP contribution in [0.5, 0.6) is 0 Å². The SMILES string of the molecule is CCOC(=O)CC(N)c1ccc(-c2ccc(C(F)(F)F)cc2)cc1. The highest BCUT2D eigenvalue weighted by molar-refractivity contribution is 5.70. The summed E-state index contributed by atoms with van der Waals surface area (Å²) in [6, 6.07) is 11.5. The number of ether oxygens (including phenoxy) is 1. The fourth-order valence-corrected chi connectivity index (χ4v) is 2.29. The fraction of sp³-hybridized carbons (Fsp3) is 0.278. The summed E-state index contributed by atoms with van der Waals surface area (Å²) in [4.78, 5) is 11.4. The van der Waals surface area contributed by atoms with Gasteiger partial charge < -0.3 is 10.5 Å². The van der Waals surface area contributed by atoms with Crippen LogP contribution in [0.3, 0.4) is 0 Å². The lowest BCUT2D eigenvalue weighted by atomic mass is 9.99. The third kappa shape index (κ3) is 4.58. The van der Waals surface area contributed by atoms with E-state index in [2.05, 4.69) is 0 Å². The van der Waals surface area contributed by atoms with E-state index in [1.54, 1.807) is 31.2 Å². The minimum atomic E-state index is -4.34. The first kappa shape index (κ1) is 18.0. The molecule has 0 saturated carbocycles. The first-order valence-corrected chi connectivity index (χ1v) is 7.50. The summed E-state index contributed by atoms with van der Waals surface area (Å²) >= 11 is 0. The predicted octanol–water partition coefficient (Wildman–Crippen LogP) is 4.33. The van der Waals surface area contributed by atoms with Crippen molar-refractivity contribution in [2.75, 3.05) is 6.61 Å². The molecule has 6 heteroatoms. The molecule has 128 valence electrons. The molecule has 0 fully saturated rings. The highest BCUT2D eigenvalue weighted by Crippen LogP contribution is 2.31. The first-order chi connectivity index (χ1) is 11.3. The maximum absolute atomic E-state index is 12.6. The zero-order valence-electron chi connectivity index (χ0n) is 13.1. The number of benzene rings is 2. The second kappa shape index (κ2) is 7.49. The summed E-state index contributed by atoms with van der Waals surface area (Å²) in [6.45, 7) is 2.03. The average Bonchev–Trinajstić information content (AvgIpc) is 2.54. The molecule has 3 nitrogen and oxygen atoms in total. The Kier molecular flexibility index (Phi) is 5.62. The molecule has 0 spiro atoms. The molecule has 0 amide bonds. The molecule has 1 unspecified atom stereocenters. The normalized spacial score (nSPS) is 12.7. The molecule has 0 bridgehead atoms. The van der Waals surface area contributed by atoms with Gasteiger partial charge in [-0.15, -0.1) is 0 Å². The molecule has 2 N–H and O–H groups in total. The third-order valence-electron chi connectivity index (χ3n) is 3.58. The van der Waals surface area contributed by atoms with Gasteiger partial charge in [-0.05, 0) is 35.7 Å². The van der Waals surface area contributed by atoms with E-state index in [-0.39, 0.29) is 12.4 Å². The van der Waals surface area contributed by atoms with Crippen LogP contribution >= 0.6 is 0 Å². The number of nitrogens with two attached hydrogens (primary N) is 1. The number of alkyl halides is 3. The zero-order valence-corrected chi connectivity index (χ0v) is 13.1. The lowest BCUT2D eigenvalue weighted by Crippen LogP contribution is -2.17. The van der Waals surface area contributed by atoms with Crippen molar-refractivity contribution in [3.05, 3.63) is 59.7 Å². The van der Waals surface area contributed by atoms with E-state index in [0.717, 1.165) is 23.3 Å². The zero-order chi connectivity index (χ0) is 17.7. The molecule has 0 radical (unpaired) electrons. The largest absolute Gasteiger partial charge is 0.466 e. The van der Waals surface area contributed by atoms with Crippen LogP contribution in [0, 0.1) is 0 Å². The number of esters is 1. The highest BCUT2D eigenvalue weighted by Gasteiger charge is 2.29. The molecule has 24 heavy (non-hydrogen) atoms. The quantitative estimate of drug-likeness (QED) is 0.827. The van der Waals surface area contributed by atoms with Gasteiger partial charge in [0.05, 0.1) is 18.6 Å². The average molecular weight is 337 g/mol. The standard InChI is InChI=1S/C18H18F3NO2/c1-2-24-17(23)11-16(22)14-5-3-12(4-6-14)13-7-9-15(10-8-13)18(19,20)21/h3-10,16H,2,11,22H2,1H3. The molecule has 0 aliphatic rings. The van der Waals surface area contributed by atoms with Gasteiger partial charge >= 0.3 is 12.1 Å². The van der Waals surface area contributed by atoms with Crippen LogP contribution in [0.25, 0.3) is 11.1 Å². The van der Waals surface area contributed by atoms with Gasteiger partial charge in [0, 0.05) is 6.04 Å². The van der Waals surface area contributed by atoms with E-state index in [4.69, 9.17) is 10.5 Å². The van der Waals surface area contributed by atoms with Crippen molar-refractivity contribution < 1.29 is 22.7 Å². The summed E-state index contributed by atoms with van der Waals surface area (Å²) in [6.07, 6.45) is -4.27. The van der Waals surface area contributed by atoms with Crippen molar-refractivity contribution in [1.29, 1.82) is 0 Å². The minimum absolute atomic E-state index is 0.0769. The number of carbonyl (C=O) groups excluding carboxylic acids is 1.